The average Bonchev–Trinajstić information content (AvgIpc) is 3.19. The molecule has 146 valence electrons. The van der Waals surface area contributed by atoms with Crippen molar-refractivity contribution in [2.75, 3.05) is 18.5 Å². The molecule has 3 N–H and O–H groups in total. The van der Waals surface area contributed by atoms with Crippen LogP contribution in [0.15, 0.2) is 59.8 Å². The highest BCUT2D eigenvalue weighted by molar-refractivity contribution is 7.89. The molecule has 0 bridgehead atoms. The maximum Gasteiger partial charge on any atom is 0.259 e. The molecular formula is C17H16ClN5O4S. The second kappa shape index (κ2) is 8.83. The van der Waals surface area contributed by atoms with Crippen LogP contribution in [0.5, 0.6) is 5.75 Å². The number of carbonyl (C=O) groups is 1. The van der Waals surface area contributed by atoms with Gasteiger partial charge in [0.05, 0.1) is 15.5 Å². The number of nitrogens with one attached hydrogen (secondary N) is 3. The molecule has 11 heteroatoms. The monoisotopic (exact) mass is 421 g/mol. The summed E-state index contributed by atoms with van der Waals surface area (Å²) in [6, 6.07) is 12.9. The third kappa shape index (κ3) is 5.06. The number of sulfonamides is 1. The molecule has 0 saturated carbocycles. The van der Waals surface area contributed by atoms with Crippen LogP contribution in [0.3, 0.4) is 0 Å². The lowest BCUT2D eigenvalue weighted by Crippen LogP contribution is -2.28. The minimum absolute atomic E-state index is 0.0125. The predicted octanol–water partition coefficient (Wildman–Crippen LogP) is 2.07. The Labute approximate surface area is 166 Å². The lowest BCUT2D eigenvalue weighted by atomic mass is 10.2. The van der Waals surface area contributed by atoms with Crippen LogP contribution in [-0.2, 0) is 10.0 Å². The lowest BCUT2D eigenvalue weighted by molar-refractivity contribution is 0.102. The van der Waals surface area contributed by atoms with Gasteiger partial charge in [0.2, 0.25) is 16.0 Å². The Balaban J connectivity index is 1.65. The Hall–Kier alpha value is -2.95. The van der Waals surface area contributed by atoms with Gasteiger partial charge in [-0.2, -0.15) is 10.1 Å². The molecule has 0 aliphatic carbocycles. The summed E-state index contributed by atoms with van der Waals surface area (Å²) < 4.78 is 32.8. The Bertz CT molecular complexity index is 1040. The van der Waals surface area contributed by atoms with Crippen molar-refractivity contribution < 1.29 is 17.9 Å². The van der Waals surface area contributed by atoms with E-state index in [1.165, 1.54) is 24.5 Å². The summed E-state index contributed by atoms with van der Waals surface area (Å²) in [4.78, 5) is 16.0. The van der Waals surface area contributed by atoms with E-state index in [1.807, 2.05) is 18.2 Å². The molecule has 0 radical (unpaired) electrons. The molecule has 0 atom stereocenters. The fourth-order valence-electron chi connectivity index (χ4n) is 2.23. The second-order valence-electron chi connectivity index (χ2n) is 5.49. The zero-order valence-corrected chi connectivity index (χ0v) is 16.0. The minimum atomic E-state index is -3.85. The fraction of sp³-hybridized carbons (Fsp3) is 0.118. The first-order chi connectivity index (χ1) is 13.5. The average molecular weight is 422 g/mol. The smallest absolute Gasteiger partial charge is 0.259 e. The van der Waals surface area contributed by atoms with Crippen molar-refractivity contribution in [3.05, 3.63) is 65.4 Å². The molecule has 0 fully saturated rings. The van der Waals surface area contributed by atoms with Crippen molar-refractivity contribution in [1.82, 2.24) is 19.9 Å². The SMILES string of the molecule is O=C(Nc1ncn[nH]1)c1cc(S(=O)(=O)NCCOc2ccccc2)ccc1Cl. The quantitative estimate of drug-likeness (QED) is 0.478. The van der Waals surface area contributed by atoms with Crippen molar-refractivity contribution in [1.29, 1.82) is 0 Å². The van der Waals surface area contributed by atoms with Crippen LogP contribution in [0.25, 0.3) is 0 Å². The molecule has 1 amide bonds. The van der Waals surface area contributed by atoms with Gasteiger partial charge in [-0.25, -0.2) is 18.2 Å². The minimum Gasteiger partial charge on any atom is -0.492 e. The Morgan fingerprint density at radius 2 is 1.96 bits per heavy atom. The number of rotatable bonds is 8. The van der Waals surface area contributed by atoms with Crippen LogP contribution >= 0.6 is 11.6 Å². The summed E-state index contributed by atoms with van der Waals surface area (Å²) in [5.41, 5.74) is -0.0125. The van der Waals surface area contributed by atoms with Crippen LogP contribution in [0.1, 0.15) is 10.4 Å². The maximum absolute atomic E-state index is 12.5. The number of benzene rings is 2. The number of H-pyrrole nitrogens is 1. The summed E-state index contributed by atoms with van der Waals surface area (Å²) in [6.45, 7) is 0.203. The van der Waals surface area contributed by atoms with Crippen molar-refractivity contribution in [3.63, 3.8) is 0 Å². The van der Waals surface area contributed by atoms with Gasteiger partial charge in [-0.15, -0.1) is 0 Å². The molecule has 3 aromatic rings. The summed E-state index contributed by atoms with van der Waals surface area (Å²) in [7, 11) is -3.85. The van der Waals surface area contributed by atoms with E-state index in [9.17, 15) is 13.2 Å². The van der Waals surface area contributed by atoms with Crippen LogP contribution < -0.4 is 14.8 Å². The number of hydrogen-bond donors (Lipinski definition) is 3. The third-order valence-corrected chi connectivity index (χ3v) is 5.33. The summed E-state index contributed by atoms with van der Waals surface area (Å²) in [5.74, 6) is 0.135. The number of carbonyl (C=O) groups excluding carboxylic acids is 1. The molecule has 1 heterocycles. The number of aromatic nitrogens is 3. The van der Waals surface area contributed by atoms with Crippen LogP contribution in [0.4, 0.5) is 5.95 Å². The van der Waals surface area contributed by atoms with Crippen molar-refractivity contribution in [2.45, 2.75) is 4.90 Å². The first-order valence-corrected chi connectivity index (χ1v) is 9.95. The highest BCUT2D eigenvalue weighted by Crippen LogP contribution is 2.21. The van der Waals surface area contributed by atoms with Crippen molar-refractivity contribution in [2.24, 2.45) is 0 Å². The van der Waals surface area contributed by atoms with Gasteiger partial charge in [0.1, 0.15) is 18.7 Å². The number of anilines is 1. The van der Waals surface area contributed by atoms with E-state index in [4.69, 9.17) is 16.3 Å². The molecular weight excluding hydrogens is 406 g/mol. The number of amides is 1. The zero-order valence-electron chi connectivity index (χ0n) is 14.4. The lowest BCUT2D eigenvalue weighted by Gasteiger charge is -2.10. The van der Waals surface area contributed by atoms with E-state index in [0.717, 1.165) is 0 Å². The molecule has 0 aliphatic heterocycles. The number of nitrogens with zero attached hydrogens (tertiary/aromatic N) is 2. The van der Waals surface area contributed by atoms with Gasteiger partial charge in [0, 0.05) is 6.54 Å². The number of aromatic amines is 1. The number of ether oxygens (including phenoxy) is 1. The molecule has 0 unspecified atom stereocenters. The number of hydrogen-bond acceptors (Lipinski definition) is 6. The van der Waals surface area contributed by atoms with E-state index in [0.29, 0.717) is 5.75 Å². The Kier molecular flexibility index (Phi) is 6.24. The molecule has 0 spiro atoms. The largest absolute Gasteiger partial charge is 0.492 e. The van der Waals surface area contributed by atoms with Crippen LogP contribution in [-0.4, -0.2) is 42.7 Å². The third-order valence-electron chi connectivity index (χ3n) is 3.55. The van der Waals surface area contributed by atoms with Crippen LogP contribution in [0.2, 0.25) is 5.02 Å². The van der Waals surface area contributed by atoms with Gasteiger partial charge < -0.3 is 4.74 Å². The van der Waals surface area contributed by atoms with E-state index in [2.05, 4.69) is 25.2 Å². The first kappa shape index (κ1) is 19.8. The standard InChI is InChI=1S/C17H16ClN5O4S/c18-15-7-6-13(10-14(15)16(24)22-17-19-11-20-23-17)28(25,26)21-8-9-27-12-4-2-1-3-5-12/h1-7,10-11,21H,8-9H2,(H2,19,20,22,23,24). The van der Waals surface area contributed by atoms with Gasteiger partial charge in [0.15, 0.2) is 0 Å². The number of para-hydroxylation sites is 1. The first-order valence-electron chi connectivity index (χ1n) is 8.09. The summed E-state index contributed by atoms with van der Waals surface area (Å²) in [5, 5.41) is 8.62. The Morgan fingerprint density at radius 1 is 1.18 bits per heavy atom. The van der Waals surface area contributed by atoms with Gasteiger partial charge in [-0.1, -0.05) is 29.8 Å². The molecule has 1 aromatic heterocycles. The van der Waals surface area contributed by atoms with Gasteiger partial charge in [0.25, 0.3) is 5.91 Å². The van der Waals surface area contributed by atoms with E-state index < -0.39 is 15.9 Å². The van der Waals surface area contributed by atoms with Crippen LogP contribution in [0, 0.1) is 0 Å². The van der Waals surface area contributed by atoms with Gasteiger partial charge in [-0.3, -0.25) is 10.1 Å². The number of halogens is 1. The second-order valence-corrected chi connectivity index (χ2v) is 7.66. The maximum atomic E-state index is 12.5. The van der Waals surface area contributed by atoms with E-state index in [-0.39, 0.29) is 34.6 Å². The highest BCUT2D eigenvalue weighted by atomic mass is 35.5. The topological polar surface area (TPSA) is 126 Å². The van der Waals surface area contributed by atoms with Gasteiger partial charge in [-0.05, 0) is 30.3 Å². The van der Waals surface area contributed by atoms with E-state index >= 15 is 0 Å². The summed E-state index contributed by atoms with van der Waals surface area (Å²) >= 11 is 6.03. The normalized spacial score (nSPS) is 11.2. The zero-order chi connectivity index (χ0) is 20.0. The molecule has 28 heavy (non-hydrogen) atoms. The van der Waals surface area contributed by atoms with E-state index in [1.54, 1.807) is 12.1 Å². The highest BCUT2D eigenvalue weighted by Gasteiger charge is 2.19. The van der Waals surface area contributed by atoms with Crippen molar-refractivity contribution in [3.8, 4) is 5.75 Å². The fourth-order valence-corrected chi connectivity index (χ4v) is 3.47. The molecule has 2 aromatic carbocycles. The molecule has 3 rings (SSSR count). The summed E-state index contributed by atoms with van der Waals surface area (Å²) in [6.07, 6.45) is 1.22. The Morgan fingerprint density at radius 3 is 2.68 bits per heavy atom. The van der Waals surface area contributed by atoms with Crippen molar-refractivity contribution >= 4 is 33.5 Å². The predicted molar refractivity (Wildman–Crippen MR) is 103 cm³/mol. The molecule has 9 nitrogen and oxygen atoms in total. The molecule has 0 aliphatic rings. The van der Waals surface area contributed by atoms with Gasteiger partial charge >= 0.3 is 0 Å². The molecule has 0 saturated heterocycles.